The predicted octanol–water partition coefficient (Wildman–Crippen LogP) is 3.16. The Balaban J connectivity index is 1.16. The second kappa shape index (κ2) is 8.37. The lowest BCUT2D eigenvalue weighted by Gasteiger charge is -2.66. The van der Waals surface area contributed by atoms with Crippen molar-refractivity contribution in [2.45, 2.75) is 38.0 Å². The average molecular weight is 488 g/mol. The quantitative estimate of drug-likeness (QED) is 0.396. The standard InChI is InChI=1S/C27H26FN5O3/c1-36-22-8-20-18(6-17(11-30-20)10-29-16-26-13-27(28,14-26)15-26)7-19(22)12-31-25(35)21-9-24(34)33-5-3-2-4-23(33)32-21/h2-9,11,29H,10,12-16H2,1H3,(H,31,35). The highest BCUT2D eigenvalue weighted by molar-refractivity contribution is 5.92. The molecule has 7 rings (SSSR count). The highest BCUT2D eigenvalue weighted by atomic mass is 19.1. The Kier molecular flexibility index (Phi) is 5.26. The zero-order valence-corrected chi connectivity index (χ0v) is 19.9. The molecule has 2 N–H and O–H groups in total. The van der Waals surface area contributed by atoms with Crippen LogP contribution in [0.1, 0.15) is 40.9 Å². The van der Waals surface area contributed by atoms with Crippen LogP contribution in [0.5, 0.6) is 5.75 Å². The maximum atomic E-state index is 13.7. The molecule has 9 heteroatoms. The molecule has 184 valence electrons. The fourth-order valence-corrected chi connectivity index (χ4v) is 5.63. The first-order valence-corrected chi connectivity index (χ1v) is 12.0. The van der Waals surface area contributed by atoms with E-state index in [9.17, 15) is 14.0 Å². The van der Waals surface area contributed by atoms with Crippen molar-refractivity contribution >= 4 is 22.5 Å². The first-order valence-electron chi connectivity index (χ1n) is 12.0. The summed E-state index contributed by atoms with van der Waals surface area (Å²) in [5, 5.41) is 7.22. The van der Waals surface area contributed by atoms with E-state index in [4.69, 9.17) is 4.74 Å². The van der Waals surface area contributed by atoms with E-state index in [1.54, 1.807) is 31.5 Å². The molecule has 0 aliphatic heterocycles. The van der Waals surface area contributed by atoms with Gasteiger partial charge in [0.25, 0.3) is 11.5 Å². The number of nitrogens with zero attached hydrogens (tertiary/aromatic N) is 3. The van der Waals surface area contributed by atoms with E-state index in [2.05, 4.69) is 26.7 Å². The molecule has 0 radical (unpaired) electrons. The molecule has 3 saturated carbocycles. The van der Waals surface area contributed by atoms with Crippen LogP contribution in [-0.4, -0.2) is 39.6 Å². The van der Waals surface area contributed by atoms with E-state index < -0.39 is 11.6 Å². The van der Waals surface area contributed by atoms with E-state index in [0.29, 0.717) is 37.2 Å². The van der Waals surface area contributed by atoms with E-state index in [1.165, 1.54) is 10.5 Å². The summed E-state index contributed by atoms with van der Waals surface area (Å²) >= 11 is 0. The summed E-state index contributed by atoms with van der Waals surface area (Å²) in [6.07, 6.45) is 5.49. The maximum absolute atomic E-state index is 13.7. The molecule has 3 aromatic heterocycles. The number of amides is 1. The highest BCUT2D eigenvalue weighted by Crippen LogP contribution is 2.69. The number of benzene rings is 1. The minimum absolute atomic E-state index is 0.0587. The molecule has 3 aliphatic rings. The third kappa shape index (κ3) is 3.99. The summed E-state index contributed by atoms with van der Waals surface area (Å²) in [6, 6.07) is 12.2. The maximum Gasteiger partial charge on any atom is 0.270 e. The van der Waals surface area contributed by atoms with Crippen LogP contribution in [0.25, 0.3) is 16.6 Å². The lowest BCUT2D eigenvalue weighted by Crippen LogP contribution is -2.67. The molecule has 0 unspecified atom stereocenters. The van der Waals surface area contributed by atoms with E-state index in [0.717, 1.165) is 28.6 Å². The van der Waals surface area contributed by atoms with Gasteiger partial charge in [0.1, 0.15) is 22.8 Å². The summed E-state index contributed by atoms with van der Waals surface area (Å²) in [7, 11) is 1.57. The van der Waals surface area contributed by atoms with Crippen molar-refractivity contribution in [3.8, 4) is 5.75 Å². The van der Waals surface area contributed by atoms with Crippen LogP contribution in [0.15, 0.2) is 59.7 Å². The van der Waals surface area contributed by atoms with Gasteiger partial charge in [-0.1, -0.05) is 6.07 Å². The van der Waals surface area contributed by atoms with Crippen molar-refractivity contribution in [3.05, 3.63) is 82.0 Å². The SMILES string of the molecule is COc1cc2ncc(CNCC34CC(F)(C3)C4)cc2cc1CNC(=O)c1cc(=O)n2ccccc2n1. The number of carbonyl (C=O) groups is 1. The van der Waals surface area contributed by atoms with Crippen molar-refractivity contribution in [2.75, 3.05) is 13.7 Å². The molecule has 1 aromatic carbocycles. The van der Waals surface area contributed by atoms with Crippen molar-refractivity contribution < 1.29 is 13.9 Å². The summed E-state index contributed by atoms with van der Waals surface area (Å²) in [4.78, 5) is 34.0. The van der Waals surface area contributed by atoms with Gasteiger partial charge in [-0.3, -0.25) is 19.0 Å². The lowest BCUT2D eigenvalue weighted by molar-refractivity contribution is -0.209. The van der Waals surface area contributed by atoms with Gasteiger partial charge in [0.2, 0.25) is 0 Å². The lowest BCUT2D eigenvalue weighted by atomic mass is 9.42. The molecule has 4 aromatic rings. The summed E-state index contributed by atoms with van der Waals surface area (Å²) in [5.41, 5.74) is 2.02. The van der Waals surface area contributed by atoms with Gasteiger partial charge < -0.3 is 15.4 Å². The van der Waals surface area contributed by atoms with Crippen LogP contribution in [0, 0.1) is 5.41 Å². The smallest absolute Gasteiger partial charge is 0.270 e. The van der Waals surface area contributed by atoms with Crippen LogP contribution >= 0.6 is 0 Å². The topological polar surface area (TPSA) is 97.6 Å². The number of halogens is 1. The fourth-order valence-electron chi connectivity index (χ4n) is 5.63. The molecular weight excluding hydrogens is 461 g/mol. The van der Waals surface area contributed by atoms with Gasteiger partial charge >= 0.3 is 0 Å². The zero-order valence-electron chi connectivity index (χ0n) is 19.9. The third-order valence-corrected chi connectivity index (χ3v) is 7.29. The van der Waals surface area contributed by atoms with Gasteiger partial charge in [0.05, 0.1) is 12.6 Å². The molecule has 0 saturated heterocycles. The molecule has 8 nitrogen and oxygen atoms in total. The fraction of sp³-hybridized carbons (Fsp3) is 0.333. The van der Waals surface area contributed by atoms with E-state index in [-0.39, 0.29) is 23.2 Å². The first-order chi connectivity index (χ1) is 17.4. The number of hydrogen-bond acceptors (Lipinski definition) is 6. The Morgan fingerprint density at radius 3 is 2.78 bits per heavy atom. The molecule has 1 amide bonds. The normalized spacial score (nSPS) is 22.2. The molecular formula is C27H26FN5O3. The second-order valence-electron chi connectivity index (χ2n) is 10.1. The number of alkyl halides is 1. The molecule has 36 heavy (non-hydrogen) atoms. The largest absolute Gasteiger partial charge is 0.496 e. The second-order valence-corrected chi connectivity index (χ2v) is 10.1. The number of nitrogens with one attached hydrogen (secondary N) is 2. The molecule has 0 spiro atoms. The number of carbonyl (C=O) groups excluding carboxylic acids is 1. The van der Waals surface area contributed by atoms with Crippen LogP contribution in [-0.2, 0) is 13.1 Å². The van der Waals surface area contributed by atoms with Crippen LogP contribution in [0.3, 0.4) is 0 Å². The van der Waals surface area contributed by atoms with Crippen LogP contribution < -0.4 is 20.9 Å². The van der Waals surface area contributed by atoms with Crippen LogP contribution in [0.4, 0.5) is 4.39 Å². The Morgan fingerprint density at radius 1 is 1.17 bits per heavy atom. The van der Waals surface area contributed by atoms with Gasteiger partial charge in [-0.05, 0) is 54.5 Å². The van der Waals surface area contributed by atoms with E-state index in [1.807, 2.05) is 18.3 Å². The molecule has 3 fully saturated rings. The summed E-state index contributed by atoms with van der Waals surface area (Å²) in [6.45, 7) is 1.68. The third-order valence-electron chi connectivity index (χ3n) is 7.29. The number of methoxy groups -OCH3 is 1. The molecule has 3 aliphatic carbocycles. The number of pyridine rings is 2. The molecule has 2 bridgehead atoms. The van der Waals surface area contributed by atoms with Crippen molar-refractivity contribution in [3.63, 3.8) is 0 Å². The number of aromatic nitrogens is 3. The number of ether oxygens (including phenoxy) is 1. The van der Waals surface area contributed by atoms with Gasteiger partial charge in [0.15, 0.2) is 0 Å². The average Bonchev–Trinajstić information content (AvgIpc) is 2.84. The van der Waals surface area contributed by atoms with Gasteiger partial charge in [-0.15, -0.1) is 0 Å². The number of rotatable bonds is 8. The number of fused-ring (bicyclic) bond motifs is 2. The number of hydrogen-bond donors (Lipinski definition) is 2. The monoisotopic (exact) mass is 487 g/mol. The first kappa shape index (κ1) is 22.6. The van der Waals surface area contributed by atoms with Crippen LogP contribution in [0.2, 0.25) is 0 Å². The Hall–Kier alpha value is -3.85. The Morgan fingerprint density at radius 2 is 2.00 bits per heavy atom. The van der Waals surface area contributed by atoms with Gasteiger partial charge in [0, 0.05) is 55.1 Å². The van der Waals surface area contributed by atoms with Gasteiger partial charge in [-0.25, -0.2) is 9.37 Å². The zero-order chi connectivity index (χ0) is 24.9. The Bertz CT molecular complexity index is 1550. The van der Waals surface area contributed by atoms with Crippen molar-refractivity contribution in [1.29, 1.82) is 0 Å². The Labute approximate surface area is 206 Å². The summed E-state index contributed by atoms with van der Waals surface area (Å²) < 4.78 is 20.6. The van der Waals surface area contributed by atoms with Crippen molar-refractivity contribution in [1.82, 2.24) is 25.0 Å². The van der Waals surface area contributed by atoms with Crippen molar-refractivity contribution in [2.24, 2.45) is 5.41 Å². The summed E-state index contributed by atoms with van der Waals surface area (Å²) in [5.74, 6) is 0.164. The highest BCUT2D eigenvalue weighted by Gasteiger charge is 2.68. The minimum atomic E-state index is -0.877. The molecule has 0 atom stereocenters. The molecule has 3 heterocycles. The minimum Gasteiger partial charge on any atom is -0.496 e. The van der Waals surface area contributed by atoms with Gasteiger partial charge in [-0.2, -0.15) is 0 Å². The van der Waals surface area contributed by atoms with E-state index >= 15 is 0 Å². The predicted molar refractivity (Wildman–Crippen MR) is 133 cm³/mol.